The van der Waals surface area contributed by atoms with Gasteiger partial charge in [0.05, 0.1) is 5.71 Å². The predicted octanol–water partition coefficient (Wildman–Crippen LogP) is 2.49. The highest BCUT2D eigenvalue weighted by Crippen LogP contribution is 2.07. The maximum atomic E-state index is 8.44. The van der Waals surface area contributed by atoms with E-state index in [-0.39, 0.29) is 0 Å². The molecule has 0 bridgehead atoms. The number of benzene rings is 1. The Morgan fingerprint density at radius 2 is 1.91 bits per heavy atom. The van der Waals surface area contributed by atoms with Crippen molar-refractivity contribution in [2.24, 2.45) is 5.16 Å². The van der Waals surface area contributed by atoms with Crippen molar-refractivity contribution in [1.29, 1.82) is 0 Å². The van der Waals surface area contributed by atoms with Gasteiger partial charge in [0.2, 0.25) is 0 Å². The fraction of sp³-hybridized carbons (Fsp3) is 0.125. The van der Waals surface area contributed by atoms with E-state index in [1.54, 1.807) is 6.92 Å². The van der Waals surface area contributed by atoms with Gasteiger partial charge >= 0.3 is 0 Å². The van der Waals surface area contributed by atoms with E-state index in [1.807, 2.05) is 24.3 Å². The highest BCUT2D eigenvalue weighted by Gasteiger charge is 1.95. The van der Waals surface area contributed by atoms with Crippen molar-refractivity contribution in [2.45, 2.75) is 6.92 Å². The summed E-state index contributed by atoms with van der Waals surface area (Å²) in [5.74, 6) is 0. The number of rotatable bonds is 1. The SMILES string of the molecule is CC(=NO)c1ccc(I)cc1. The average molecular weight is 261 g/mol. The summed E-state index contributed by atoms with van der Waals surface area (Å²) in [6.45, 7) is 1.77. The summed E-state index contributed by atoms with van der Waals surface area (Å²) >= 11 is 2.23. The van der Waals surface area contributed by atoms with Crippen LogP contribution in [-0.2, 0) is 0 Å². The van der Waals surface area contributed by atoms with Crippen molar-refractivity contribution >= 4 is 28.3 Å². The molecule has 0 aliphatic rings. The summed E-state index contributed by atoms with van der Waals surface area (Å²) in [7, 11) is 0. The van der Waals surface area contributed by atoms with Crippen LogP contribution in [0.2, 0.25) is 0 Å². The van der Waals surface area contributed by atoms with Crippen LogP contribution in [0.5, 0.6) is 0 Å². The third-order valence-electron chi connectivity index (χ3n) is 1.41. The van der Waals surface area contributed by atoms with E-state index in [0.29, 0.717) is 5.71 Å². The van der Waals surface area contributed by atoms with E-state index < -0.39 is 0 Å². The van der Waals surface area contributed by atoms with E-state index in [4.69, 9.17) is 5.21 Å². The predicted molar refractivity (Wildman–Crippen MR) is 53.2 cm³/mol. The molecule has 0 radical (unpaired) electrons. The molecule has 11 heavy (non-hydrogen) atoms. The zero-order valence-electron chi connectivity index (χ0n) is 6.08. The molecule has 1 aromatic carbocycles. The second kappa shape index (κ2) is 3.71. The third-order valence-corrected chi connectivity index (χ3v) is 2.13. The lowest BCUT2D eigenvalue weighted by Crippen LogP contribution is -1.93. The second-order valence-corrected chi connectivity index (χ2v) is 3.44. The van der Waals surface area contributed by atoms with Gasteiger partial charge in [-0.05, 0) is 47.2 Å². The minimum atomic E-state index is 0.640. The summed E-state index contributed by atoms with van der Waals surface area (Å²) < 4.78 is 1.18. The van der Waals surface area contributed by atoms with E-state index >= 15 is 0 Å². The zero-order chi connectivity index (χ0) is 8.27. The average Bonchev–Trinajstić information content (AvgIpc) is 2.05. The van der Waals surface area contributed by atoms with Crippen LogP contribution in [-0.4, -0.2) is 10.9 Å². The van der Waals surface area contributed by atoms with Gasteiger partial charge < -0.3 is 5.21 Å². The minimum Gasteiger partial charge on any atom is -0.411 e. The normalized spacial score (nSPS) is 11.6. The number of nitrogens with zero attached hydrogens (tertiary/aromatic N) is 1. The summed E-state index contributed by atoms with van der Waals surface area (Å²) in [5, 5.41) is 11.5. The molecule has 0 aliphatic heterocycles. The first kappa shape index (κ1) is 8.52. The molecule has 0 saturated carbocycles. The molecule has 0 unspecified atom stereocenters. The van der Waals surface area contributed by atoms with Crippen molar-refractivity contribution in [3.05, 3.63) is 33.4 Å². The van der Waals surface area contributed by atoms with Gasteiger partial charge in [0.25, 0.3) is 0 Å². The highest BCUT2D eigenvalue weighted by molar-refractivity contribution is 14.1. The van der Waals surface area contributed by atoms with Crippen LogP contribution in [0.25, 0.3) is 0 Å². The van der Waals surface area contributed by atoms with Crippen LogP contribution in [0.1, 0.15) is 12.5 Å². The first-order chi connectivity index (χ1) is 5.24. The van der Waals surface area contributed by atoms with Crippen LogP contribution in [0, 0.1) is 3.57 Å². The molecule has 0 aromatic heterocycles. The Labute approximate surface area is 79.1 Å². The Hall–Kier alpha value is -0.580. The monoisotopic (exact) mass is 261 g/mol. The van der Waals surface area contributed by atoms with Crippen LogP contribution < -0.4 is 0 Å². The molecule has 0 spiro atoms. The number of hydrogen-bond acceptors (Lipinski definition) is 2. The Kier molecular flexibility index (Phi) is 2.87. The standard InChI is InChI=1S/C8H8INO/c1-6(10-11)7-2-4-8(9)5-3-7/h2-5,11H,1H3. The number of hydrogen-bond donors (Lipinski definition) is 1. The van der Waals surface area contributed by atoms with Crippen molar-refractivity contribution in [3.8, 4) is 0 Å². The molecule has 1 aromatic rings. The molecule has 2 nitrogen and oxygen atoms in total. The van der Waals surface area contributed by atoms with E-state index in [9.17, 15) is 0 Å². The molecule has 0 aliphatic carbocycles. The summed E-state index contributed by atoms with van der Waals surface area (Å²) in [5.41, 5.74) is 1.59. The number of halogens is 1. The van der Waals surface area contributed by atoms with Crippen molar-refractivity contribution in [1.82, 2.24) is 0 Å². The Bertz CT molecular complexity index is 266. The van der Waals surface area contributed by atoms with Gasteiger partial charge in [0.1, 0.15) is 0 Å². The molecule has 0 heterocycles. The second-order valence-electron chi connectivity index (χ2n) is 2.19. The van der Waals surface area contributed by atoms with Crippen LogP contribution in [0.15, 0.2) is 29.4 Å². The topological polar surface area (TPSA) is 32.6 Å². The number of oxime groups is 1. The van der Waals surface area contributed by atoms with E-state index in [1.165, 1.54) is 3.57 Å². The molecule has 58 valence electrons. The fourth-order valence-electron chi connectivity index (χ4n) is 0.749. The van der Waals surface area contributed by atoms with E-state index in [2.05, 4.69) is 27.7 Å². The molecule has 1 N–H and O–H groups in total. The van der Waals surface area contributed by atoms with Crippen LogP contribution in [0.3, 0.4) is 0 Å². The quantitative estimate of drug-likeness (QED) is 0.358. The van der Waals surface area contributed by atoms with Crippen LogP contribution in [0.4, 0.5) is 0 Å². The van der Waals surface area contributed by atoms with Crippen molar-refractivity contribution < 1.29 is 5.21 Å². The fourth-order valence-corrected chi connectivity index (χ4v) is 1.11. The van der Waals surface area contributed by atoms with Crippen molar-refractivity contribution in [2.75, 3.05) is 0 Å². The molecule has 0 saturated heterocycles. The third kappa shape index (κ3) is 2.18. The zero-order valence-corrected chi connectivity index (χ0v) is 8.24. The summed E-state index contributed by atoms with van der Waals surface area (Å²) in [4.78, 5) is 0. The molecule has 0 fully saturated rings. The smallest absolute Gasteiger partial charge is 0.0836 e. The van der Waals surface area contributed by atoms with Crippen LogP contribution >= 0.6 is 22.6 Å². The van der Waals surface area contributed by atoms with Gasteiger partial charge in [0, 0.05) is 3.57 Å². The van der Waals surface area contributed by atoms with Gasteiger partial charge in [-0.2, -0.15) is 0 Å². The highest BCUT2D eigenvalue weighted by atomic mass is 127. The molecule has 3 heteroatoms. The van der Waals surface area contributed by atoms with Gasteiger partial charge in [-0.25, -0.2) is 0 Å². The molecule has 0 atom stereocenters. The Morgan fingerprint density at radius 1 is 1.36 bits per heavy atom. The summed E-state index contributed by atoms with van der Waals surface area (Å²) in [6.07, 6.45) is 0. The molecular weight excluding hydrogens is 253 g/mol. The molecule has 0 amide bonds. The molecular formula is C8H8INO. The van der Waals surface area contributed by atoms with Gasteiger partial charge in [0.15, 0.2) is 0 Å². The van der Waals surface area contributed by atoms with Gasteiger partial charge in [-0.1, -0.05) is 17.3 Å². The maximum Gasteiger partial charge on any atom is 0.0836 e. The summed E-state index contributed by atoms with van der Waals surface area (Å²) in [6, 6.07) is 7.81. The van der Waals surface area contributed by atoms with Gasteiger partial charge in [-0.3, -0.25) is 0 Å². The van der Waals surface area contributed by atoms with Gasteiger partial charge in [-0.15, -0.1) is 0 Å². The lowest BCUT2D eigenvalue weighted by Gasteiger charge is -1.96. The van der Waals surface area contributed by atoms with Crippen molar-refractivity contribution in [3.63, 3.8) is 0 Å². The lowest BCUT2D eigenvalue weighted by molar-refractivity contribution is 0.319. The maximum absolute atomic E-state index is 8.44. The largest absolute Gasteiger partial charge is 0.411 e. The molecule has 1 rings (SSSR count). The Balaban J connectivity index is 2.99. The lowest BCUT2D eigenvalue weighted by atomic mass is 10.1. The first-order valence-electron chi connectivity index (χ1n) is 3.18. The first-order valence-corrected chi connectivity index (χ1v) is 4.26. The minimum absolute atomic E-state index is 0.640. The Morgan fingerprint density at radius 3 is 2.36 bits per heavy atom. The van der Waals surface area contributed by atoms with E-state index in [0.717, 1.165) is 5.56 Å².